The molecule has 0 aromatic heterocycles. The van der Waals surface area contributed by atoms with E-state index in [2.05, 4.69) is 9.24 Å². The Balaban J connectivity index is 3.38. The molecule has 0 aliphatic rings. The summed E-state index contributed by atoms with van der Waals surface area (Å²) in [5.41, 5.74) is 1.14. The van der Waals surface area contributed by atoms with Crippen LogP contribution in [0.1, 0.15) is 30.9 Å². The summed E-state index contributed by atoms with van der Waals surface area (Å²) < 4.78 is 13.1. The van der Waals surface area contributed by atoms with Crippen molar-refractivity contribution in [2.24, 2.45) is 0 Å². The Labute approximate surface area is 79.8 Å². The fraction of sp³-hybridized carbons (Fsp3) is 0.300. The normalized spacial score (nSPS) is 10.2. The highest BCUT2D eigenvalue weighted by Crippen LogP contribution is 2.17. The van der Waals surface area contributed by atoms with E-state index < -0.39 is 5.82 Å². The number of nitrogens with zero attached hydrogens (tertiary/aromatic N) is 1. The SMILES string of the molecule is CC(C)c1ccc(F)c(C#N)c1P. The van der Waals surface area contributed by atoms with Crippen LogP contribution in [0.4, 0.5) is 4.39 Å². The van der Waals surface area contributed by atoms with Crippen LogP contribution in [0.25, 0.3) is 0 Å². The molecule has 1 aromatic rings. The molecule has 0 aliphatic heterocycles. The van der Waals surface area contributed by atoms with Crippen molar-refractivity contribution in [3.63, 3.8) is 0 Å². The summed E-state index contributed by atoms with van der Waals surface area (Å²) in [7, 11) is 2.43. The first-order valence-electron chi connectivity index (χ1n) is 4.06. The predicted octanol–water partition coefficient (Wildman–Crippen LogP) is 2.32. The fourth-order valence-corrected chi connectivity index (χ4v) is 1.86. The minimum atomic E-state index is -0.447. The van der Waals surface area contributed by atoms with Crippen molar-refractivity contribution in [1.29, 1.82) is 5.26 Å². The van der Waals surface area contributed by atoms with Crippen molar-refractivity contribution in [3.05, 3.63) is 29.1 Å². The highest BCUT2D eigenvalue weighted by molar-refractivity contribution is 7.27. The molecule has 3 heteroatoms. The lowest BCUT2D eigenvalue weighted by Gasteiger charge is -2.10. The lowest BCUT2D eigenvalue weighted by Crippen LogP contribution is -2.09. The first-order valence-corrected chi connectivity index (χ1v) is 4.63. The zero-order valence-electron chi connectivity index (χ0n) is 7.63. The van der Waals surface area contributed by atoms with Gasteiger partial charge in [-0.2, -0.15) is 5.26 Å². The lowest BCUT2D eigenvalue weighted by atomic mass is 10.0. The van der Waals surface area contributed by atoms with E-state index >= 15 is 0 Å². The second-order valence-electron chi connectivity index (χ2n) is 3.19. The average molecular weight is 195 g/mol. The Morgan fingerprint density at radius 3 is 2.54 bits per heavy atom. The summed E-state index contributed by atoms with van der Waals surface area (Å²) in [5.74, 6) is -0.142. The summed E-state index contributed by atoms with van der Waals surface area (Å²) in [5, 5.41) is 9.38. The van der Waals surface area contributed by atoms with E-state index in [1.807, 2.05) is 19.9 Å². The Hall–Kier alpha value is -0.930. The summed E-state index contributed by atoms with van der Waals surface area (Å²) in [6, 6.07) is 4.94. The molecule has 1 atom stereocenters. The highest BCUT2D eigenvalue weighted by Gasteiger charge is 2.11. The summed E-state index contributed by atoms with van der Waals surface area (Å²) in [6.07, 6.45) is 0. The maximum Gasteiger partial charge on any atom is 0.141 e. The van der Waals surface area contributed by atoms with E-state index in [0.29, 0.717) is 11.2 Å². The molecule has 0 saturated heterocycles. The maximum absolute atomic E-state index is 13.1. The van der Waals surface area contributed by atoms with Crippen LogP contribution in [-0.2, 0) is 0 Å². The molecule has 0 radical (unpaired) electrons. The minimum absolute atomic E-state index is 0.135. The summed E-state index contributed by atoms with van der Waals surface area (Å²) in [6.45, 7) is 4.03. The number of halogens is 1. The maximum atomic E-state index is 13.1. The monoisotopic (exact) mass is 195 g/mol. The van der Waals surface area contributed by atoms with Gasteiger partial charge in [0.25, 0.3) is 0 Å². The van der Waals surface area contributed by atoms with E-state index in [1.165, 1.54) is 6.07 Å². The Morgan fingerprint density at radius 2 is 2.08 bits per heavy atom. The van der Waals surface area contributed by atoms with Crippen molar-refractivity contribution in [3.8, 4) is 6.07 Å². The number of benzene rings is 1. The third kappa shape index (κ3) is 1.87. The Morgan fingerprint density at radius 1 is 1.46 bits per heavy atom. The van der Waals surface area contributed by atoms with Crippen LogP contribution in [0.3, 0.4) is 0 Å². The van der Waals surface area contributed by atoms with Crippen LogP contribution in [0.2, 0.25) is 0 Å². The minimum Gasteiger partial charge on any atom is -0.206 e. The van der Waals surface area contributed by atoms with E-state index in [1.54, 1.807) is 6.07 Å². The molecule has 0 saturated carbocycles. The summed E-state index contributed by atoms with van der Waals surface area (Å²) >= 11 is 0. The number of hydrogen-bond acceptors (Lipinski definition) is 1. The largest absolute Gasteiger partial charge is 0.206 e. The number of nitriles is 1. The molecule has 13 heavy (non-hydrogen) atoms. The standard InChI is InChI=1S/C10H11FNP/c1-6(2)7-3-4-9(11)8(5-12)10(7)13/h3-4,6H,13H2,1-2H3. The summed E-state index contributed by atoms with van der Waals surface area (Å²) in [4.78, 5) is 0. The second-order valence-corrected chi connectivity index (χ2v) is 3.77. The molecular formula is C10H11FNP. The lowest BCUT2D eigenvalue weighted by molar-refractivity contribution is 0.624. The van der Waals surface area contributed by atoms with Gasteiger partial charge in [-0.25, -0.2) is 4.39 Å². The highest BCUT2D eigenvalue weighted by atomic mass is 31.0. The van der Waals surface area contributed by atoms with Gasteiger partial charge in [-0.3, -0.25) is 0 Å². The van der Waals surface area contributed by atoms with Crippen molar-refractivity contribution < 1.29 is 4.39 Å². The molecule has 0 N–H and O–H groups in total. The van der Waals surface area contributed by atoms with Crippen LogP contribution in [-0.4, -0.2) is 0 Å². The van der Waals surface area contributed by atoms with Crippen LogP contribution in [0, 0.1) is 17.1 Å². The third-order valence-corrected chi connectivity index (χ3v) is 2.58. The van der Waals surface area contributed by atoms with Crippen molar-refractivity contribution in [2.75, 3.05) is 0 Å². The fourth-order valence-electron chi connectivity index (χ4n) is 1.23. The van der Waals surface area contributed by atoms with Crippen molar-refractivity contribution >= 4 is 14.5 Å². The van der Waals surface area contributed by atoms with Gasteiger partial charge in [0.15, 0.2) is 0 Å². The van der Waals surface area contributed by atoms with Gasteiger partial charge < -0.3 is 0 Å². The van der Waals surface area contributed by atoms with Gasteiger partial charge in [0.1, 0.15) is 11.9 Å². The van der Waals surface area contributed by atoms with Gasteiger partial charge in [-0.15, -0.1) is 9.24 Å². The van der Waals surface area contributed by atoms with E-state index in [9.17, 15) is 4.39 Å². The average Bonchev–Trinajstić information content (AvgIpc) is 2.04. The third-order valence-electron chi connectivity index (χ3n) is 1.96. The topological polar surface area (TPSA) is 23.8 Å². The van der Waals surface area contributed by atoms with Gasteiger partial charge in [0.2, 0.25) is 0 Å². The van der Waals surface area contributed by atoms with Gasteiger partial charge in [0.05, 0.1) is 5.56 Å². The molecule has 1 aromatic carbocycles. The first kappa shape index (κ1) is 10.2. The molecule has 68 valence electrons. The number of hydrogen-bond donors (Lipinski definition) is 0. The molecule has 0 aliphatic carbocycles. The van der Waals surface area contributed by atoms with Gasteiger partial charge in [-0.05, 0) is 22.9 Å². The molecule has 0 bridgehead atoms. The van der Waals surface area contributed by atoms with E-state index in [4.69, 9.17) is 5.26 Å². The van der Waals surface area contributed by atoms with Crippen LogP contribution in [0.5, 0.6) is 0 Å². The van der Waals surface area contributed by atoms with Gasteiger partial charge in [-0.1, -0.05) is 19.9 Å². The smallest absolute Gasteiger partial charge is 0.141 e. The second kappa shape index (κ2) is 3.85. The predicted molar refractivity (Wildman–Crippen MR) is 54.5 cm³/mol. The molecular weight excluding hydrogens is 184 g/mol. The van der Waals surface area contributed by atoms with Gasteiger partial charge >= 0.3 is 0 Å². The van der Waals surface area contributed by atoms with Crippen molar-refractivity contribution in [1.82, 2.24) is 0 Å². The Bertz CT molecular complexity index is 366. The first-order chi connectivity index (χ1) is 6.07. The van der Waals surface area contributed by atoms with E-state index in [-0.39, 0.29) is 5.56 Å². The molecule has 1 unspecified atom stereocenters. The van der Waals surface area contributed by atoms with Crippen LogP contribution in [0.15, 0.2) is 12.1 Å². The Kier molecular flexibility index (Phi) is 3.01. The number of rotatable bonds is 1. The van der Waals surface area contributed by atoms with E-state index in [0.717, 1.165) is 5.56 Å². The van der Waals surface area contributed by atoms with Gasteiger partial charge in [0, 0.05) is 0 Å². The van der Waals surface area contributed by atoms with Crippen molar-refractivity contribution in [2.45, 2.75) is 19.8 Å². The molecule has 0 heterocycles. The molecule has 0 amide bonds. The zero-order chi connectivity index (χ0) is 10.0. The quantitative estimate of drug-likeness (QED) is 0.631. The molecule has 0 fully saturated rings. The molecule has 0 spiro atoms. The van der Waals surface area contributed by atoms with Crippen LogP contribution >= 0.6 is 9.24 Å². The van der Waals surface area contributed by atoms with Crippen LogP contribution < -0.4 is 5.30 Å². The molecule has 1 rings (SSSR count). The molecule has 1 nitrogen and oxygen atoms in total. The zero-order valence-corrected chi connectivity index (χ0v) is 8.79.